The van der Waals surface area contributed by atoms with E-state index in [9.17, 15) is 0 Å². The second kappa shape index (κ2) is 5.23. The summed E-state index contributed by atoms with van der Waals surface area (Å²) in [5.41, 5.74) is 6.83. The SMILES string of the molecule is CCCCSc1nc2nc(C)c(C#N)c(N)n2n1. The van der Waals surface area contributed by atoms with Crippen LogP contribution in [0.5, 0.6) is 0 Å². The van der Waals surface area contributed by atoms with Crippen molar-refractivity contribution in [1.82, 2.24) is 19.6 Å². The molecule has 0 bridgehead atoms. The molecule has 0 aliphatic heterocycles. The third kappa shape index (κ3) is 2.24. The molecule has 0 radical (unpaired) electrons. The van der Waals surface area contributed by atoms with Crippen LogP contribution < -0.4 is 5.73 Å². The highest BCUT2D eigenvalue weighted by Gasteiger charge is 2.13. The van der Waals surface area contributed by atoms with Crippen LogP contribution in [0.4, 0.5) is 5.82 Å². The molecule has 0 saturated carbocycles. The number of fused-ring (bicyclic) bond motifs is 1. The van der Waals surface area contributed by atoms with Crippen LogP contribution in [0.25, 0.3) is 5.78 Å². The summed E-state index contributed by atoms with van der Waals surface area (Å²) in [5, 5.41) is 13.9. The molecule has 0 amide bonds. The molecular formula is C11H14N6S. The number of nitrogens with two attached hydrogens (primary N) is 1. The van der Waals surface area contributed by atoms with Crippen LogP contribution in [0.3, 0.4) is 0 Å². The predicted molar refractivity (Wildman–Crippen MR) is 70.3 cm³/mol. The van der Waals surface area contributed by atoms with E-state index in [2.05, 4.69) is 22.0 Å². The Bertz CT molecular complexity index is 612. The Morgan fingerprint density at radius 1 is 1.44 bits per heavy atom. The number of aryl methyl sites for hydroxylation is 1. The minimum absolute atomic E-state index is 0.301. The highest BCUT2D eigenvalue weighted by molar-refractivity contribution is 7.99. The number of nitrogen functional groups attached to an aromatic ring is 1. The van der Waals surface area contributed by atoms with Gasteiger partial charge < -0.3 is 5.73 Å². The summed E-state index contributed by atoms with van der Waals surface area (Å²) in [7, 11) is 0. The summed E-state index contributed by atoms with van der Waals surface area (Å²) >= 11 is 1.58. The highest BCUT2D eigenvalue weighted by atomic mass is 32.2. The maximum atomic E-state index is 9.00. The second-order valence-corrected chi connectivity index (χ2v) is 4.94. The minimum atomic E-state index is 0.301. The molecule has 0 fully saturated rings. The average molecular weight is 262 g/mol. The van der Waals surface area contributed by atoms with Crippen LogP contribution in [0.15, 0.2) is 5.16 Å². The third-order valence-electron chi connectivity index (χ3n) is 2.53. The van der Waals surface area contributed by atoms with Crippen molar-refractivity contribution in [2.45, 2.75) is 31.8 Å². The molecule has 0 saturated heterocycles. The number of nitriles is 1. The van der Waals surface area contributed by atoms with E-state index in [1.165, 1.54) is 4.52 Å². The van der Waals surface area contributed by atoms with Crippen LogP contribution in [-0.4, -0.2) is 25.3 Å². The van der Waals surface area contributed by atoms with Gasteiger partial charge in [-0.2, -0.15) is 14.8 Å². The lowest BCUT2D eigenvalue weighted by molar-refractivity contribution is 0.870. The van der Waals surface area contributed by atoms with Crippen molar-refractivity contribution >= 4 is 23.4 Å². The Kier molecular flexibility index (Phi) is 3.67. The smallest absolute Gasteiger partial charge is 0.255 e. The summed E-state index contributed by atoms with van der Waals surface area (Å²) in [6.07, 6.45) is 2.25. The fourth-order valence-corrected chi connectivity index (χ4v) is 2.42. The van der Waals surface area contributed by atoms with E-state index in [1.807, 2.05) is 6.07 Å². The number of hydrogen-bond donors (Lipinski definition) is 1. The van der Waals surface area contributed by atoms with Gasteiger partial charge in [0.1, 0.15) is 17.5 Å². The molecule has 7 heteroatoms. The van der Waals surface area contributed by atoms with Gasteiger partial charge >= 0.3 is 0 Å². The lowest BCUT2D eigenvalue weighted by Crippen LogP contribution is -2.06. The zero-order chi connectivity index (χ0) is 13.1. The Balaban J connectivity index is 2.40. The van der Waals surface area contributed by atoms with E-state index >= 15 is 0 Å². The Hall–Kier alpha value is -1.81. The van der Waals surface area contributed by atoms with Crippen molar-refractivity contribution in [2.75, 3.05) is 11.5 Å². The van der Waals surface area contributed by atoms with E-state index in [1.54, 1.807) is 18.7 Å². The van der Waals surface area contributed by atoms with E-state index in [-0.39, 0.29) is 0 Å². The van der Waals surface area contributed by atoms with Crippen LogP contribution in [0.2, 0.25) is 0 Å². The third-order valence-corrected chi connectivity index (χ3v) is 3.45. The Morgan fingerprint density at radius 3 is 2.89 bits per heavy atom. The topological polar surface area (TPSA) is 92.9 Å². The molecule has 0 unspecified atom stereocenters. The van der Waals surface area contributed by atoms with Crippen LogP contribution in [0.1, 0.15) is 31.0 Å². The molecule has 2 rings (SSSR count). The van der Waals surface area contributed by atoms with Crippen molar-refractivity contribution in [3.63, 3.8) is 0 Å². The molecule has 18 heavy (non-hydrogen) atoms. The van der Waals surface area contributed by atoms with E-state index in [4.69, 9.17) is 11.0 Å². The summed E-state index contributed by atoms with van der Waals surface area (Å²) < 4.78 is 1.43. The van der Waals surface area contributed by atoms with Crippen molar-refractivity contribution in [3.8, 4) is 6.07 Å². The maximum absolute atomic E-state index is 9.00. The van der Waals surface area contributed by atoms with Crippen molar-refractivity contribution in [1.29, 1.82) is 5.26 Å². The Morgan fingerprint density at radius 2 is 2.22 bits per heavy atom. The molecule has 2 aromatic heterocycles. The largest absolute Gasteiger partial charge is 0.382 e. The maximum Gasteiger partial charge on any atom is 0.255 e. The van der Waals surface area contributed by atoms with Crippen LogP contribution in [0, 0.1) is 18.3 Å². The first kappa shape index (κ1) is 12.6. The van der Waals surface area contributed by atoms with Gasteiger partial charge in [0.15, 0.2) is 0 Å². The number of rotatable bonds is 4. The molecule has 2 aromatic rings. The number of hydrogen-bond acceptors (Lipinski definition) is 6. The van der Waals surface area contributed by atoms with Crippen molar-refractivity contribution in [2.24, 2.45) is 0 Å². The lowest BCUT2D eigenvalue weighted by atomic mass is 10.2. The van der Waals surface area contributed by atoms with Crippen molar-refractivity contribution < 1.29 is 0 Å². The first-order valence-corrected chi connectivity index (χ1v) is 6.71. The normalized spacial score (nSPS) is 10.7. The van der Waals surface area contributed by atoms with Gasteiger partial charge in [-0.05, 0) is 13.3 Å². The lowest BCUT2D eigenvalue weighted by Gasteiger charge is -2.01. The van der Waals surface area contributed by atoms with E-state index < -0.39 is 0 Å². The number of thioether (sulfide) groups is 1. The van der Waals surface area contributed by atoms with Crippen molar-refractivity contribution in [3.05, 3.63) is 11.3 Å². The van der Waals surface area contributed by atoms with Gasteiger partial charge in [-0.25, -0.2) is 4.98 Å². The molecule has 2 heterocycles. The molecular weight excluding hydrogens is 248 g/mol. The first-order chi connectivity index (χ1) is 8.67. The zero-order valence-electron chi connectivity index (χ0n) is 10.3. The fourth-order valence-electron chi connectivity index (χ4n) is 1.52. The van der Waals surface area contributed by atoms with Gasteiger partial charge in [-0.1, -0.05) is 25.1 Å². The van der Waals surface area contributed by atoms with E-state index in [0.29, 0.717) is 28.0 Å². The molecule has 0 aromatic carbocycles. The monoisotopic (exact) mass is 262 g/mol. The fraction of sp³-hybridized carbons (Fsp3) is 0.455. The van der Waals surface area contributed by atoms with E-state index in [0.717, 1.165) is 18.6 Å². The first-order valence-electron chi connectivity index (χ1n) is 5.73. The van der Waals surface area contributed by atoms with Gasteiger partial charge in [0, 0.05) is 5.75 Å². The minimum Gasteiger partial charge on any atom is -0.382 e. The molecule has 0 aliphatic rings. The van der Waals surface area contributed by atoms with Gasteiger partial charge in [-0.3, -0.25) is 0 Å². The zero-order valence-corrected chi connectivity index (χ0v) is 11.2. The van der Waals surface area contributed by atoms with Gasteiger partial charge in [-0.15, -0.1) is 5.10 Å². The summed E-state index contributed by atoms with van der Waals surface area (Å²) in [6.45, 7) is 3.88. The number of nitrogens with zero attached hydrogens (tertiary/aromatic N) is 5. The van der Waals surface area contributed by atoms with Gasteiger partial charge in [0.05, 0.1) is 5.69 Å². The van der Waals surface area contributed by atoms with Gasteiger partial charge in [0.25, 0.3) is 5.78 Å². The standard InChI is InChI=1S/C11H14N6S/c1-3-4-5-18-11-15-10-14-7(2)8(6-12)9(13)17(10)16-11/h3-5,13H2,1-2H3. The molecule has 94 valence electrons. The average Bonchev–Trinajstić information content (AvgIpc) is 2.73. The van der Waals surface area contributed by atoms with Gasteiger partial charge in [0.2, 0.25) is 5.16 Å². The number of unbranched alkanes of at least 4 members (excludes halogenated alkanes) is 1. The molecule has 6 nitrogen and oxygen atoms in total. The van der Waals surface area contributed by atoms with Crippen LogP contribution >= 0.6 is 11.8 Å². The molecule has 0 atom stereocenters. The van der Waals surface area contributed by atoms with Crippen LogP contribution in [-0.2, 0) is 0 Å². The summed E-state index contributed by atoms with van der Waals surface area (Å²) in [4.78, 5) is 8.53. The summed E-state index contributed by atoms with van der Waals surface area (Å²) in [5.74, 6) is 1.72. The summed E-state index contributed by atoms with van der Waals surface area (Å²) in [6, 6.07) is 2.03. The second-order valence-electron chi connectivity index (χ2n) is 3.88. The predicted octanol–water partition coefficient (Wildman–Crippen LogP) is 1.78. The Labute approximate surface area is 109 Å². The number of anilines is 1. The number of aromatic nitrogens is 4. The highest BCUT2D eigenvalue weighted by Crippen LogP contribution is 2.19. The molecule has 0 aliphatic carbocycles. The quantitative estimate of drug-likeness (QED) is 0.667. The molecule has 2 N–H and O–H groups in total. The molecule has 0 spiro atoms.